The monoisotopic (exact) mass is 505 g/mol. The van der Waals surface area contributed by atoms with Gasteiger partial charge in [-0.15, -0.1) is 0 Å². The maximum absolute atomic E-state index is 15.2. The van der Waals surface area contributed by atoms with E-state index in [0.717, 1.165) is 29.1 Å². The molecular weight excluding hydrogens is 473 g/mol. The van der Waals surface area contributed by atoms with Crippen molar-refractivity contribution in [3.8, 4) is 5.75 Å². The van der Waals surface area contributed by atoms with E-state index in [1.54, 1.807) is 0 Å². The third-order valence-corrected chi connectivity index (χ3v) is 14.9. The lowest BCUT2D eigenvalue weighted by molar-refractivity contribution is 0.0997. The topological polar surface area (TPSA) is 114 Å². The Morgan fingerprint density at radius 2 is 1.62 bits per heavy atom. The number of fused-ring (bicyclic) bond motifs is 1. The summed E-state index contributed by atoms with van der Waals surface area (Å²) in [6, 6.07) is 7.88. The molecule has 0 spiro atoms. The van der Waals surface area contributed by atoms with Crippen LogP contribution in [0.3, 0.4) is 0 Å². The lowest BCUT2D eigenvalue weighted by atomic mass is 10.2. The van der Waals surface area contributed by atoms with Gasteiger partial charge in [-0.2, -0.15) is 0 Å². The highest BCUT2D eigenvalue weighted by atomic mass is 32.2. The van der Waals surface area contributed by atoms with E-state index in [4.69, 9.17) is 5.73 Å². The normalized spacial score (nSPS) is 12.8. The fraction of sp³-hybridized carbons (Fsp3) is 0.375. The molecular formula is C24H32FN3O4SSi. The Balaban J connectivity index is 2.10. The van der Waals surface area contributed by atoms with E-state index in [1.165, 1.54) is 12.1 Å². The number of phenols is 1. The molecule has 0 fully saturated rings. The highest BCUT2D eigenvalue weighted by Gasteiger charge is 2.45. The van der Waals surface area contributed by atoms with Gasteiger partial charge < -0.3 is 15.1 Å². The number of benzene rings is 2. The number of nitrogens with zero attached hydrogens (tertiary/aromatic N) is 1. The molecule has 0 aliphatic rings. The van der Waals surface area contributed by atoms with Crippen molar-refractivity contribution < 1.29 is 22.7 Å². The molecule has 0 unspecified atom stereocenters. The number of carbonyl (C=O) groups excluding carboxylic acids is 1. The molecule has 0 saturated carbocycles. The van der Waals surface area contributed by atoms with E-state index in [-0.39, 0.29) is 16.1 Å². The number of amides is 1. The first-order chi connectivity index (χ1) is 15.7. The molecule has 184 valence electrons. The van der Waals surface area contributed by atoms with Crippen LogP contribution in [0.15, 0.2) is 47.5 Å². The van der Waals surface area contributed by atoms with Gasteiger partial charge in [0, 0.05) is 10.9 Å². The smallest absolute Gasteiger partial charge is 0.262 e. The van der Waals surface area contributed by atoms with Crippen LogP contribution < -0.4 is 10.5 Å². The first kappa shape index (κ1) is 25.8. The van der Waals surface area contributed by atoms with E-state index in [2.05, 4.69) is 50.5 Å². The molecule has 3 aromatic rings. The number of carbonyl (C=O) groups is 1. The van der Waals surface area contributed by atoms with Crippen molar-refractivity contribution in [3.05, 3.63) is 54.0 Å². The van der Waals surface area contributed by atoms with Crippen molar-refractivity contribution in [1.82, 2.24) is 4.23 Å². The SMILES string of the molecule is CC(C)[Si](C(C)C)(C(C)C)n1ccc2cc(NS(=O)(=O)c3ccc(O)c(C(N)=O)c3)c(F)cc21. The van der Waals surface area contributed by atoms with Crippen LogP contribution >= 0.6 is 0 Å². The van der Waals surface area contributed by atoms with Crippen molar-refractivity contribution in [1.29, 1.82) is 0 Å². The molecule has 0 aliphatic heterocycles. The Morgan fingerprint density at radius 1 is 1.03 bits per heavy atom. The molecule has 0 radical (unpaired) electrons. The fourth-order valence-corrected chi connectivity index (χ4v) is 13.2. The molecule has 0 atom stereocenters. The van der Waals surface area contributed by atoms with Crippen LogP contribution in [-0.4, -0.2) is 31.9 Å². The average Bonchev–Trinajstić information content (AvgIpc) is 3.10. The number of nitrogens with two attached hydrogens (primary N) is 1. The second-order valence-electron chi connectivity index (χ2n) is 9.58. The third-order valence-electron chi connectivity index (χ3n) is 6.76. The summed E-state index contributed by atoms with van der Waals surface area (Å²) in [4.78, 5) is 11.2. The number of halogens is 1. The largest absolute Gasteiger partial charge is 0.507 e. The lowest BCUT2D eigenvalue weighted by Crippen LogP contribution is -2.51. The van der Waals surface area contributed by atoms with Crippen molar-refractivity contribution >= 4 is 40.8 Å². The van der Waals surface area contributed by atoms with E-state index in [1.807, 2.05) is 12.3 Å². The average molecular weight is 506 g/mol. The van der Waals surface area contributed by atoms with Gasteiger partial charge in [0.1, 0.15) is 11.6 Å². The van der Waals surface area contributed by atoms with E-state index in [9.17, 15) is 18.3 Å². The van der Waals surface area contributed by atoms with E-state index >= 15 is 4.39 Å². The highest BCUT2D eigenvalue weighted by molar-refractivity contribution is 7.92. The number of aromatic hydroxyl groups is 1. The molecule has 0 aliphatic carbocycles. The highest BCUT2D eigenvalue weighted by Crippen LogP contribution is 2.44. The number of sulfonamides is 1. The van der Waals surface area contributed by atoms with Gasteiger partial charge in [-0.25, -0.2) is 12.8 Å². The van der Waals surface area contributed by atoms with Gasteiger partial charge >= 0.3 is 0 Å². The number of aromatic nitrogens is 1. The van der Waals surface area contributed by atoms with Gasteiger partial charge in [-0.3, -0.25) is 9.52 Å². The van der Waals surface area contributed by atoms with Crippen LogP contribution in [0.1, 0.15) is 51.9 Å². The maximum Gasteiger partial charge on any atom is 0.262 e. The van der Waals surface area contributed by atoms with E-state index < -0.39 is 35.7 Å². The number of hydrogen-bond acceptors (Lipinski definition) is 4. The lowest BCUT2D eigenvalue weighted by Gasteiger charge is -2.44. The summed E-state index contributed by atoms with van der Waals surface area (Å²) >= 11 is 0. The zero-order chi connectivity index (χ0) is 25.6. The first-order valence-electron chi connectivity index (χ1n) is 11.2. The molecule has 34 heavy (non-hydrogen) atoms. The molecule has 1 amide bonds. The zero-order valence-electron chi connectivity index (χ0n) is 20.3. The summed E-state index contributed by atoms with van der Waals surface area (Å²) < 4.78 is 45.6. The van der Waals surface area contributed by atoms with Crippen LogP contribution in [-0.2, 0) is 10.0 Å². The van der Waals surface area contributed by atoms with Crippen LogP contribution in [0.2, 0.25) is 16.6 Å². The summed E-state index contributed by atoms with van der Waals surface area (Å²) in [5, 5.41) is 10.5. The Bertz CT molecular complexity index is 1330. The molecule has 0 bridgehead atoms. The first-order valence-corrected chi connectivity index (χ1v) is 14.9. The summed E-state index contributed by atoms with van der Waals surface area (Å²) in [5.41, 5.74) is 6.59. The number of rotatable bonds is 8. The maximum atomic E-state index is 15.2. The minimum atomic E-state index is -4.25. The van der Waals surface area contributed by atoms with Gasteiger partial charge in [-0.05, 0) is 59.2 Å². The Morgan fingerprint density at radius 3 is 2.15 bits per heavy atom. The number of nitrogens with one attached hydrogen (secondary N) is 1. The van der Waals surface area contributed by atoms with Gasteiger partial charge in [0.05, 0.1) is 16.1 Å². The van der Waals surface area contributed by atoms with Gasteiger partial charge in [0.2, 0.25) is 0 Å². The molecule has 1 aromatic heterocycles. The minimum Gasteiger partial charge on any atom is -0.507 e. The fourth-order valence-electron chi connectivity index (χ4n) is 5.49. The summed E-state index contributed by atoms with van der Waals surface area (Å²) in [6.45, 7) is 13.3. The van der Waals surface area contributed by atoms with Crippen LogP contribution in [0.4, 0.5) is 10.1 Å². The molecule has 1 heterocycles. The van der Waals surface area contributed by atoms with Crippen molar-refractivity contribution in [2.24, 2.45) is 5.73 Å². The van der Waals surface area contributed by atoms with Crippen LogP contribution in [0.5, 0.6) is 5.75 Å². The summed E-state index contributed by atoms with van der Waals surface area (Å²) in [6.07, 6.45) is 1.99. The molecule has 3 rings (SSSR count). The third kappa shape index (κ3) is 4.20. The zero-order valence-corrected chi connectivity index (χ0v) is 22.1. The van der Waals surface area contributed by atoms with Gasteiger partial charge in [-0.1, -0.05) is 41.5 Å². The molecule has 2 aromatic carbocycles. The van der Waals surface area contributed by atoms with Crippen molar-refractivity contribution in [2.45, 2.75) is 63.1 Å². The summed E-state index contributed by atoms with van der Waals surface area (Å²) in [5.74, 6) is -2.12. The predicted molar refractivity (Wildman–Crippen MR) is 136 cm³/mol. The van der Waals surface area contributed by atoms with Gasteiger partial charge in [0.15, 0.2) is 8.24 Å². The Kier molecular flexibility index (Phi) is 6.87. The number of hydrogen-bond donors (Lipinski definition) is 3. The van der Waals surface area contributed by atoms with Crippen LogP contribution in [0, 0.1) is 5.82 Å². The number of primary amides is 1. The van der Waals surface area contributed by atoms with Crippen LogP contribution in [0.25, 0.3) is 10.9 Å². The van der Waals surface area contributed by atoms with Gasteiger partial charge in [0.25, 0.3) is 15.9 Å². The Hall–Kier alpha value is -2.85. The Labute approximate surface area is 200 Å². The molecule has 4 N–H and O–H groups in total. The standard InChI is InChI=1S/C24H32FN3O4SSi/c1-14(2)34(15(3)4,16(5)6)28-10-9-17-11-21(20(25)13-22(17)28)27-33(31,32)18-7-8-23(29)19(12-18)24(26)30/h7-16,27,29H,1-6H3,(H2,26,30). The predicted octanol–water partition coefficient (Wildman–Crippen LogP) is 5.41. The van der Waals surface area contributed by atoms with Crippen molar-refractivity contribution in [2.75, 3.05) is 4.72 Å². The van der Waals surface area contributed by atoms with E-state index in [0.29, 0.717) is 16.6 Å². The molecule has 0 saturated heterocycles. The molecule has 7 nitrogen and oxygen atoms in total. The molecule has 10 heteroatoms. The second kappa shape index (κ2) is 9.07. The minimum absolute atomic E-state index is 0.204. The number of anilines is 1. The van der Waals surface area contributed by atoms with Crippen molar-refractivity contribution in [3.63, 3.8) is 0 Å². The quantitative estimate of drug-likeness (QED) is 0.355. The summed E-state index contributed by atoms with van der Waals surface area (Å²) in [7, 11) is -6.38. The second-order valence-corrected chi connectivity index (χ2v) is 17.0.